The van der Waals surface area contributed by atoms with Crippen molar-refractivity contribution in [2.45, 2.75) is 19.3 Å². The summed E-state index contributed by atoms with van der Waals surface area (Å²) in [6.07, 6.45) is 2.64. The highest BCUT2D eigenvalue weighted by molar-refractivity contribution is 14.0. The van der Waals surface area contributed by atoms with E-state index in [1.165, 1.54) is 11.1 Å². The van der Waals surface area contributed by atoms with Gasteiger partial charge in [0.2, 0.25) is 0 Å². The highest BCUT2D eigenvalue weighted by atomic mass is 127. The fraction of sp³-hybridized carbons (Fsp3) is 0.588. The smallest absolute Gasteiger partial charge is 0.190 e. The molecule has 2 aliphatic heterocycles. The van der Waals surface area contributed by atoms with Crippen molar-refractivity contribution in [3.05, 3.63) is 29.3 Å². The van der Waals surface area contributed by atoms with Crippen LogP contribution in [0.25, 0.3) is 0 Å². The predicted octanol–water partition coefficient (Wildman–Crippen LogP) is 1.38. The Morgan fingerprint density at radius 3 is 2.92 bits per heavy atom. The van der Waals surface area contributed by atoms with E-state index in [1.54, 1.807) is 7.05 Å². The van der Waals surface area contributed by atoms with Crippen LogP contribution >= 0.6 is 24.0 Å². The van der Waals surface area contributed by atoms with Gasteiger partial charge in [-0.15, -0.1) is 24.0 Å². The van der Waals surface area contributed by atoms with Crippen molar-refractivity contribution in [3.8, 4) is 5.75 Å². The Kier molecular flexibility index (Phi) is 7.36. The maximum Gasteiger partial charge on any atom is 0.190 e. The SMILES string of the molecule is CN=C(NCCc1ccc2c(c1)CCO2)NCC1CCS(=O)(=O)C1.I. The molecule has 8 heteroatoms. The number of benzene rings is 1. The van der Waals surface area contributed by atoms with E-state index in [4.69, 9.17) is 4.74 Å². The van der Waals surface area contributed by atoms with Gasteiger partial charge in [-0.3, -0.25) is 4.99 Å². The van der Waals surface area contributed by atoms with Crippen molar-refractivity contribution in [1.82, 2.24) is 10.6 Å². The van der Waals surface area contributed by atoms with Crippen LogP contribution in [-0.4, -0.2) is 52.6 Å². The van der Waals surface area contributed by atoms with Gasteiger partial charge in [-0.1, -0.05) is 12.1 Å². The van der Waals surface area contributed by atoms with E-state index in [9.17, 15) is 8.42 Å². The van der Waals surface area contributed by atoms with E-state index in [-0.39, 0.29) is 35.6 Å². The maximum atomic E-state index is 11.5. The second-order valence-electron chi connectivity index (χ2n) is 6.44. The van der Waals surface area contributed by atoms with Crippen LogP contribution in [-0.2, 0) is 22.7 Å². The monoisotopic (exact) mass is 479 g/mol. The molecule has 25 heavy (non-hydrogen) atoms. The third kappa shape index (κ3) is 5.73. The molecule has 1 saturated heterocycles. The van der Waals surface area contributed by atoms with E-state index in [1.807, 2.05) is 6.07 Å². The lowest BCUT2D eigenvalue weighted by atomic mass is 10.1. The molecule has 1 aromatic carbocycles. The molecule has 2 heterocycles. The first-order chi connectivity index (χ1) is 11.6. The predicted molar refractivity (Wildman–Crippen MR) is 111 cm³/mol. The summed E-state index contributed by atoms with van der Waals surface area (Å²) in [7, 11) is -1.09. The molecule has 2 aliphatic rings. The van der Waals surface area contributed by atoms with Crippen molar-refractivity contribution in [3.63, 3.8) is 0 Å². The van der Waals surface area contributed by atoms with Gasteiger partial charge in [0.25, 0.3) is 0 Å². The van der Waals surface area contributed by atoms with Gasteiger partial charge in [0.05, 0.1) is 18.1 Å². The molecule has 1 atom stereocenters. The Morgan fingerprint density at radius 1 is 1.36 bits per heavy atom. The molecule has 2 N–H and O–H groups in total. The molecular weight excluding hydrogens is 453 g/mol. The zero-order valence-corrected chi connectivity index (χ0v) is 17.6. The number of guanidine groups is 1. The van der Waals surface area contributed by atoms with Crippen LogP contribution < -0.4 is 15.4 Å². The number of ether oxygens (including phenoxy) is 1. The summed E-state index contributed by atoms with van der Waals surface area (Å²) in [6, 6.07) is 6.36. The Labute approximate surface area is 166 Å². The molecule has 0 bridgehead atoms. The van der Waals surface area contributed by atoms with Gasteiger partial charge in [0, 0.05) is 26.6 Å². The Bertz CT molecular complexity index is 722. The van der Waals surface area contributed by atoms with Gasteiger partial charge in [-0.2, -0.15) is 0 Å². The summed E-state index contributed by atoms with van der Waals surface area (Å²) < 4.78 is 28.5. The lowest BCUT2D eigenvalue weighted by Crippen LogP contribution is -2.40. The molecule has 1 aromatic rings. The Balaban J connectivity index is 0.00000225. The number of sulfone groups is 1. The molecule has 3 rings (SSSR count). The van der Waals surface area contributed by atoms with Gasteiger partial charge >= 0.3 is 0 Å². The lowest BCUT2D eigenvalue weighted by Gasteiger charge is -2.14. The van der Waals surface area contributed by atoms with Gasteiger partial charge in [-0.05, 0) is 36.0 Å². The summed E-state index contributed by atoms with van der Waals surface area (Å²) in [5.41, 5.74) is 2.57. The first-order valence-electron chi connectivity index (χ1n) is 8.45. The van der Waals surface area contributed by atoms with Gasteiger partial charge in [0.1, 0.15) is 5.75 Å². The molecular formula is C17H26IN3O3S. The number of aliphatic imine (C=N–C) groups is 1. The van der Waals surface area contributed by atoms with Crippen LogP contribution in [0.15, 0.2) is 23.2 Å². The molecule has 6 nitrogen and oxygen atoms in total. The molecule has 1 fully saturated rings. The average Bonchev–Trinajstić information content (AvgIpc) is 3.16. The number of hydrogen-bond acceptors (Lipinski definition) is 4. The summed E-state index contributed by atoms with van der Waals surface area (Å²) >= 11 is 0. The van der Waals surface area contributed by atoms with Crippen LogP contribution in [0.5, 0.6) is 5.75 Å². The molecule has 0 aliphatic carbocycles. The fourth-order valence-corrected chi connectivity index (χ4v) is 5.08. The first kappa shape index (κ1) is 20.3. The molecule has 0 aromatic heterocycles. The topological polar surface area (TPSA) is 79.8 Å². The number of rotatable bonds is 5. The van der Waals surface area contributed by atoms with Gasteiger partial charge in [-0.25, -0.2) is 8.42 Å². The largest absolute Gasteiger partial charge is 0.493 e. The highest BCUT2D eigenvalue weighted by Crippen LogP contribution is 2.25. The molecule has 1 unspecified atom stereocenters. The van der Waals surface area contributed by atoms with Crippen molar-refractivity contribution >= 4 is 39.8 Å². The van der Waals surface area contributed by atoms with Crippen molar-refractivity contribution < 1.29 is 13.2 Å². The number of halogens is 1. The molecule has 140 valence electrons. The Hall–Kier alpha value is -1.03. The van der Waals surface area contributed by atoms with Gasteiger partial charge in [0.15, 0.2) is 15.8 Å². The summed E-state index contributed by atoms with van der Waals surface area (Å²) in [4.78, 5) is 4.20. The van der Waals surface area contributed by atoms with Crippen LogP contribution in [0.4, 0.5) is 0 Å². The zero-order valence-electron chi connectivity index (χ0n) is 14.5. The third-order valence-electron chi connectivity index (χ3n) is 4.57. The summed E-state index contributed by atoms with van der Waals surface area (Å²) in [6.45, 7) is 2.21. The van der Waals surface area contributed by atoms with E-state index in [2.05, 4.69) is 27.8 Å². The third-order valence-corrected chi connectivity index (χ3v) is 6.41. The van der Waals surface area contributed by atoms with Crippen molar-refractivity contribution in [2.75, 3.05) is 38.2 Å². The summed E-state index contributed by atoms with van der Waals surface area (Å²) in [5, 5.41) is 6.52. The second kappa shape index (κ2) is 9.07. The zero-order chi connectivity index (χ0) is 17.0. The number of fused-ring (bicyclic) bond motifs is 1. The standard InChI is InChI=1S/C17H25N3O3S.HI/c1-18-17(20-11-14-6-9-24(21,22)12-14)19-7-4-13-2-3-16-15(10-13)5-8-23-16;/h2-3,10,14H,4-9,11-12H2,1H3,(H2,18,19,20);1H. The summed E-state index contributed by atoms with van der Waals surface area (Å²) in [5.74, 6) is 2.52. The fourth-order valence-electron chi connectivity index (χ4n) is 3.22. The van der Waals surface area contributed by atoms with Crippen LogP contribution in [0.3, 0.4) is 0 Å². The maximum absolute atomic E-state index is 11.5. The molecule has 0 saturated carbocycles. The molecule has 0 amide bonds. The Morgan fingerprint density at radius 2 is 2.20 bits per heavy atom. The van der Waals surface area contributed by atoms with E-state index in [0.717, 1.165) is 44.1 Å². The quantitative estimate of drug-likeness (QED) is 0.379. The van der Waals surface area contributed by atoms with E-state index in [0.29, 0.717) is 12.3 Å². The number of nitrogens with one attached hydrogen (secondary N) is 2. The van der Waals surface area contributed by atoms with E-state index < -0.39 is 9.84 Å². The highest BCUT2D eigenvalue weighted by Gasteiger charge is 2.27. The number of nitrogens with zero attached hydrogens (tertiary/aromatic N) is 1. The van der Waals surface area contributed by atoms with Crippen LogP contribution in [0.2, 0.25) is 0 Å². The normalized spacial score (nSPS) is 21.2. The minimum Gasteiger partial charge on any atom is -0.493 e. The van der Waals surface area contributed by atoms with Crippen molar-refractivity contribution in [2.24, 2.45) is 10.9 Å². The molecule has 0 radical (unpaired) electrons. The lowest BCUT2D eigenvalue weighted by molar-refractivity contribution is 0.357. The first-order valence-corrected chi connectivity index (χ1v) is 10.3. The minimum atomic E-state index is -2.82. The number of hydrogen-bond donors (Lipinski definition) is 2. The van der Waals surface area contributed by atoms with Crippen molar-refractivity contribution in [1.29, 1.82) is 0 Å². The second-order valence-corrected chi connectivity index (χ2v) is 8.67. The minimum absolute atomic E-state index is 0. The van der Waals surface area contributed by atoms with Gasteiger partial charge < -0.3 is 15.4 Å². The average molecular weight is 479 g/mol. The van der Waals surface area contributed by atoms with Crippen LogP contribution in [0, 0.1) is 5.92 Å². The van der Waals surface area contributed by atoms with E-state index >= 15 is 0 Å². The van der Waals surface area contributed by atoms with Crippen LogP contribution in [0.1, 0.15) is 17.5 Å². The molecule has 0 spiro atoms.